The second kappa shape index (κ2) is 8.49. The molecule has 7 nitrogen and oxygen atoms in total. The highest BCUT2D eigenvalue weighted by atomic mass is 35.5. The van der Waals surface area contributed by atoms with Crippen molar-refractivity contribution in [1.29, 1.82) is 0 Å². The predicted molar refractivity (Wildman–Crippen MR) is 106 cm³/mol. The first-order valence-electron chi connectivity index (χ1n) is 9.57. The van der Waals surface area contributed by atoms with Gasteiger partial charge in [-0.2, -0.15) is 0 Å². The van der Waals surface area contributed by atoms with Gasteiger partial charge in [-0.25, -0.2) is 9.78 Å². The van der Waals surface area contributed by atoms with Crippen molar-refractivity contribution in [3.05, 3.63) is 33.7 Å². The molecule has 3 rings (SSSR count). The molecule has 0 radical (unpaired) electrons. The SMILES string of the molecule is CCOC(=O)c1c(N2CC[N+](C)(C)CC2)c2ccc(C)nc2n(CC)c1=O.[Cl-]. The lowest BCUT2D eigenvalue weighted by atomic mass is 10.1. The summed E-state index contributed by atoms with van der Waals surface area (Å²) in [5.41, 5.74) is 1.95. The highest BCUT2D eigenvalue weighted by Gasteiger charge is 2.31. The maximum absolute atomic E-state index is 13.2. The topological polar surface area (TPSA) is 64.4 Å². The number of quaternary nitrogens is 1. The van der Waals surface area contributed by atoms with Crippen LogP contribution in [-0.4, -0.2) is 66.9 Å². The van der Waals surface area contributed by atoms with Crippen LogP contribution in [0.25, 0.3) is 11.0 Å². The van der Waals surface area contributed by atoms with E-state index >= 15 is 0 Å². The zero-order chi connectivity index (χ0) is 19.8. The minimum atomic E-state index is -0.554. The van der Waals surface area contributed by atoms with Crippen LogP contribution in [0.4, 0.5) is 5.69 Å². The average molecular weight is 409 g/mol. The number of rotatable bonds is 4. The van der Waals surface area contributed by atoms with Gasteiger partial charge in [-0.15, -0.1) is 0 Å². The van der Waals surface area contributed by atoms with Gasteiger partial charge in [-0.3, -0.25) is 9.36 Å². The number of ether oxygens (including phenoxy) is 1. The highest BCUT2D eigenvalue weighted by Crippen LogP contribution is 2.30. The van der Waals surface area contributed by atoms with E-state index in [4.69, 9.17) is 4.74 Å². The van der Waals surface area contributed by atoms with Crippen molar-refractivity contribution in [2.75, 3.05) is 51.8 Å². The summed E-state index contributed by atoms with van der Waals surface area (Å²) in [7, 11) is 4.39. The van der Waals surface area contributed by atoms with Gasteiger partial charge in [0.2, 0.25) is 0 Å². The number of nitrogens with zero attached hydrogens (tertiary/aromatic N) is 4. The molecule has 0 aliphatic carbocycles. The Bertz CT molecular complexity index is 929. The number of esters is 1. The Kier molecular flexibility index (Phi) is 6.72. The number of pyridine rings is 2. The molecule has 1 saturated heterocycles. The van der Waals surface area contributed by atoms with E-state index in [2.05, 4.69) is 24.0 Å². The van der Waals surface area contributed by atoms with Crippen LogP contribution >= 0.6 is 0 Å². The fourth-order valence-corrected chi connectivity index (χ4v) is 3.64. The Morgan fingerprint density at radius 2 is 1.86 bits per heavy atom. The summed E-state index contributed by atoms with van der Waals surface area (Å²) in [5.74, 6) is -0.554. The van der Waals surface area contributed by atoms with E-state index in [1.165, 1.54) is 0 Å². The van der Waals surface area contributed by atoms with Crippen LogP contribution < -0.4 is 22.9 Å². The fourth-order valence-electron chi connectivity index (χ4n) is 3.64. The molecular weight excluding hydrogens is 380 g/mol. The molecule has 0 aromatic carbocycles. The van der Waals surface area contributed by atoms with Gasteiger partial charge in [0.25, 0.3) is 5.56 Å². The van der Waals surface area contributed by atoms with Crippen molar-refractivity contribution in [3.8, 4) is 0 Å². The van der Waals surface area contributed by atoms with E-state index < -0.39 is 5.97 Å². The van der Waals surface area contributed by atoms with Crippen molar-refractivity contribution in [2.24, 2.45) is 0 Å². The Hall–Kier alpha value is -2.12. The first kappa shape index (κ1) is 22.2. The zero-order valence-electron chi connectivity index (χ0n) is 17.3. The van der Waals surface area contributed by atoms with E-state index in [1.54, 1.807) is 11.5 Å². The van der Waals surface area contributed by atoms with Crippen molar-refractivity contribution in [2.45, 2.75) is 27.3 Å². The summed E-state index contributed by atoms with van der Waals surface area (Å²) in [5, 5.41) is 0.831. The molecule has 0 atom stereocenters. The maximum atomic E-state index is 13.2. The smallest absolute Gasteiger partial charge is 0.345 e. The average Bonchev–Trinajstić information content (AvgIpc) is 2.61. The van der Waals surface area contributed by atoms with Gasteiger partial charge in [-0.1, -0.05) is 0 Å². The third-order valence-corrected chi connectivity index (χ3v) is 5.28. The molecule has 2 aromatic heterocycles. The summed E-state index contributed by atoms with van der Waals surface area (Å²) < 4.78 is 7.74. The largest absolute Gasteiger partial charge is 1.00 e. The van der Waals surface area contributed by atoms with Gasteiger partial charge >= 0.3 is 5.97 Å². The summed E-state index contributed by atoms with van der Waals surface area (Å²) in [6.07, 6.45) is 0. The third kappa shape index (κ3) is 4.00. The molecule has 0 spiro atoms. The summed E-state index contributed by atoms with van der Waals surface area (Å²) >= 11 is 0. The number of anilines is 1. The highest BCUT2D eigenvalue weighted by molar-refractivity contribution is 6.04. The summed E-state index contributed by atoms with van der Waals surface area (Å²) in [6, 6.07) is 3.89. The number of hydrogen-bond donors (Lipinski definition) is 0. The zero-order valence-corrected chi connectivity index (χ0v) is 18.0. The third-order valence-electron chi connectivity index (χ3n) is 5.28. The lowest BCUT2D eigenvalue weighted by molar-refractivity contribution is -0.890. The quantitative estimate of drug-likeness (QED) is 0.470. The van der Waals surface area contributed by atoms with E-state index in [1.807, 2.05) is 26.0 Å². The first-order valence-corrected chi connectivity index (χ1v) is 9.57. The lowest BCUT2D eigenvalue weighted by Crippen LogP contribution is -3.00. The van der Waals surface area contributed by atoms with Gasteiger partial charge in [0.1, 0.15) is 11.2 Å². The van der Waals surface area contributed by atoms with Crippen LogP contribution in [0.1, 0.15) is 29.9 Å². The number of aryl methyl sites for hydroxylation is 2. The van der Waals surface area contributed by atoms with Gasteiger partial charge in [0.15, 0.2) is 0 Å². The van der Waals surface area contributed by atoms with Crippen LogP contribution in [0.3, 0.4) is 0 Å². The lowest BCUT2D eigenvalue weighted by Gasteiger charge is -2.40. The number of piperazine rings is 1. The summed E-state index contributed by atoms with van der Waals surface area (Å²) in [4.78, 5) is 32.7. The standard InChI is InChI=1S/C20H29N4O3.ClH/c1-6-23-18-15(9-8-14(3)21-18)17(16(19(23)25)20(26)27-7-2)22-10-12-24(4,5)13-11-22;/h8-9H,6-7,10-13H2,1-5H3;1H/q+1;/p-1. The monoisotopic (exact) mass is 408 g/mol. The van der Waals surface area contributed by atoms with Gasteiger partial charge < -0.3 is 26.5 Å². The number of carbonyl (C=O) groups excluding carboxylic acids is 1. The first-order chi connectivity index (χ1) is 12.8. The number of halogens is 1. The number of carbonyl (C=O) groups is 1. The minimum Gasteiger partial charge on any atom is -1.00 e. The molecule has 0 amide bonds. The Morgan fingerprint density at radius 1 is 1.21 bits per heavy atom. The molecule has 0 N–H and O–H groups in total. The van der Waals surface area contributed by atoms with E-state index in [0.29, 0.717) is 17.9 Å². The Morgan fingerprint density at radius 3 is 2.43 bits per heavy atom. The molecule has 3 heterocycles. The van der Waals surface area contributed by atoms with Crippen LogP contribution in [0.15, 0.2) is 16.9 Å². The molecule has 154 valence electrons. The number of aromatic nitrogens is 2. The maximum Gasteiger partial charge on any atom is 0.345 e. The van der Waals surface area contributed by atoms with Crippen molar-refractivity contribution in [1.82, 2.24) is 9.55 Å². The molecule has 1 fully saturated rings. The van der Waals surface area contributed by atoms with Crippen molar-refractivity contribution < 1.29 is 26.4 Å². The number of likely N-dealkylation sites (N-methyl/N-ethyl adjacent to an activating group) is 1. The van der Waals surface area contributed by atoms with Crippen molar-refractivity contribution >= 4 is 22.7 Å². The molecule has 0 saturated carbocycles. The Labute approximate surface area is 171 Å². The van der Waals surface area contributed by atoms with E-state index in [-0.39, 0.29) is 30.1 Å². The molecule has 0 bridgehead atoms. The second-order valence-corrected chi connectivity index (χ2v) is 7.69. The minimum absolute atomic E-state index is 0. The van der Waals surface area contributed by atoms with E-state index in [9.17, 15) is 9.59 Å². The number of hydrogen-bond acceptors (Lipinski definition) is 5. The predicted octanol–water partition coefficient (Wildman–Crippen LogP) is -1.20. The van der Waals surface area contributed by atoms with Crippen LogP contribution in [0.2, 0.25) is 0 Å². The second-order valence-electron chi connectivity index (χ2n) is 7.69. The molecule has 8 heteroatoms. The molecule has 28 heavy (non-hydrogen) atoms. The van der Waals surface area contributed by atoms with Gasteiger partial charge in [0.05, 0.1) is 52.6 Å². The number of fused-ring (bicyclic) bond motifs is 1. The fraction of sp³-hybridized carbons (Fsp3) is 0.550. The van der Waals surface area contributed by atoms with Gasteiger partial charge in [-0.05, 0) is 32.9 Å². The normalized spacial score (nSPS) is 16.0. The summed E-state index contributed by atoms with van der Waals surface area (Å²) in [6.45, 7) is 9.67. The van der Waals surface area contributed by atoms with E-state index in [0.717, 1.165) is 41.7 Å². The van der Waals surface area contributed by atoms with Crippen LogP contribution in [0.5, 0.6) is 0 Å². The molecule has 0 unspecified atom stereocenters. The van der Waals surface area contributed by atoms with Crippen LogP contribution in [-0.2, 0) is 11.3 Å². The molecule has 2 aromatic rings. The molecule has 1 aliphatic rings. The Balaban J connectivity index is 0.00000280. The van der Waals surface area contributed by atoms with Gasteiger partial charge in [0, 0.05) is 17.6 Å². The molecular formula is C20H29ClN4O3. The van der Waals surface area contributed by atoms with Crippen LogP contribution in [0, 0.1) is 6.92 Å². The molecule has 1 aliphatic heterocycles. The van der Waals surface area contributed by atoms with Crippen molar-refractivity contribution in [3.63, 3.8) is 0 Å².